The average molecular weight is 314 g/mol. The van der Waals surface area contributed by atoms with Crippen LogP contribution in [-0.2, 0) is 11.2 Å². The average Bonchev–Trinajstić information content (AvgIpc) is 2.59. The lowest BCUT2D eigenvalue weighted by Gasteiger charge is -2.51. The van der Waals surface area contributed by atoms with E-state index in [9.17, 15) is 4.79 Å². The summed E-state index contributed by atoms with van der Waals surface area (Å²) < 4.78 is 5.31. The van der Waals surface area contributed by atoms with Crippen molar-refractivity contribution in [3.63, 3.8) is 0 Å². The van der Waals surface area contributed by atoms with Crippen molar-refractivity contribution in [1.29, 1.82) is 0 Å². The van der Waals surface area contributed by atoms with E-state index in [4.69, 9.17) is 4.74 Å². The predicted molar refractivity (Wildman–Crippen MR) is 89.3 cm³/mol. The summed E-state index contributed by atoms with van der Waals surface area (Å²) in [6, 6.07) is 9.66. The van der Waals surface area contributed by atoms with Crippen LogP contribution in [0.15, 0.2) is 24.3 Å². The van der Waals surface area contributed by atoms with Gasteiger partial charge in [-0.1, -0.05) is 24.3 Å². The summed E-state index contributed by atoms with van der Waals surface area (Å²) in [6.07, 6.45) is 4.45. The van der Waals surface area contributed by atoms with Crippen LogP contribution in [0.3, 0.4) is 0 Å². The second kappa shape index (κ2) is 6.16. The minimum atomic E-state index is -0.111. The molecule has 0 radical (unpaired) electrons. The van der Waals surface area contributed by atoms with E-state index in [0.29, 0.717) is 24.6 Å². The van der Waals surface area contributed by atoms with Crippen molar-refractivity contribution in [3.05, 3.63) is 35.4 Å². The Morgan fingerprint density at radius 2 is 2.17 bits per heavy atom. The molecule has 3 atom stereocenters. The van der Waals surface area contributed by atoms with E-state index in [0.717, 1.165) is 38.9 Å². The molecule has 0 aliphatic carbocycles. The van der Waals surface area contributed by atoms with Gasteiger partial charge in [0.2, 0.25) is 0 Å². The Labute approximate surface area is 138 Å². The highest BCUT2D eigenvalue weighted by Gasteiger charge is 2.44. The Hall–Kier alpha value is -1.55. The predicted octanol–water partition coefficient (Wildman–Crippen LogP) is 3.23. The van der Waals surface area contributed by atoms with Crippen LogP contribution in [0.1, 0.15) is 43.4 Å². The minimum absolute atomic E-state index is 0.111. The van der Waals surface area contributed by atoms with E-state index in [1.165, 1.54) is 17.5 Å². The first kappa shape index (κ1) is 15.0. The Morgan fingerprint density at radius 3 is 3.04 bits per heavy atom. The number of carbonyl (C=O) groups excluding carboxylic acids is 1. The lowest BCUT2D eigenvalue weighted by Crippen LogP contribution is -2.57. The molecule has 2 saturated heterocycles. The molecule has 23 heavy (non-hydrogen) atoms. The van der Waals surface area contributed by atoms with Gasteiger partial charge in [0.05, 0.1) is 6.61 Å². The number of carbonyl (C=O) groups is 1. The zero-order chi connectivity index (χ0) is 15.8. The highest BCUT2D eigenvalue weighted by molar-refractivity contribution is 5.68. The number of piperidine rings is 2. The molecule has 3 aliphatic heterocycles. The quantitative estimate of drug-likeness (QED) is 0.798. The second-order valence-corrected chi connectivity index (χ2v) is 7.06. The van der Waals surface area contributed by atoms with Crippen LogP contribution in [0, 0.1) is 5.92 Å². The fraction of sp³-hybridized carbons (Fsp3) is 0.632. The van der Waals surface area contributed by atoms with Crippen molar-refractivity contribution in [1.82, 2.24) is 9.80 Å². The Balaban J connectivity index is 1.60. The highest BCUT2D eigenvalue weighted by atomic mass is 16.6. The van der Waals surface area contributed by atoms with Gasteiger partial charge in [-0.15, -0.1) is 0 Å². The summed E-state index contributed by atoms with van der Waals surface area (Å²) in [7, 11) is 0. The standard InChI is InChI=1S/C19H26N2O2/c1-2-23-19(22)21-10-5-7-15-13-20-11-9-14-6-3-4-8-16(14)18(20)12-17(15)21/h3-4,6,8,15,17-18H,2,5,7,9-13H2,1H3. The first-order chi connectivity index (χ1) is 11.3. The molecule has 1 amide bonds. The van der Waals surface area contributed by atoms with E-state index < -0.39 is 0 Å². The normalized spacial score (nSPS) is 30.1. The number of benzene rings is 1. The van der Waals surface area contributed by atoms with Gasteiger partial charge in [-0.2, -0.15) is 0 Å². The van der Waals surface area contributed by atoms with Crippen molar-refractivity contribution in [2.45, 2.75) is 44.7 Å². The molecule has 3 unspecified atom stereocenters. The lowest BCUT2D eigenvalue weighted by molar-refractivity contribution is -0.0115. The summed E-state index contributed by atoms with van der Waals surface area (Å²) in [5.74, 6) is 0.606. The molecule has 1 aromatic carbocycles. The molecule has 2 fully saturated rings. The second-order valence-electron chi connectivity index (χ2n) is 7.06. The molecule has 4 rings (SSSR count). The Morgan fingerprint density at radius 1 is 1.30 bits per heavy atom. The number of ether oxygens (including phenoxy) is 1. The van der Waals surface area contributed by atoms with Crippen LogP contribution in [0.5, 0.6) is 0 Å². The largest absolute Gasteiger partial charge is 0.450 e. The van der Waals surface area contributed by atoms with E-state index in [1.54, 1.807) is 0 Å². The number of rotatable bonds is 1. The minimum Gasteiger partial charge on any atom is -0.450 e. The van der Waals surface area contributed by atoms with Crippen LogP contribution in [0.25, 0.3) is 0 Å². The first-order valence-electron chi connectivity index (χ1n) is 9.03. The number of hydrogen-bond acceptors (Lipinski definition) is 3. The molecule has 0 saturated carbocycles. The summed E-state index contributed by atoms with van der Waals surface area (Å²) in [5.41, 5.74) is 2.97. The van der Waals surface area contributed by atoms with Crippen LogP contribution in [0.2, 0.25) is 0 Å². The summed E-state index contributed by atoms with van der Waals surface area (Å²) in [6.45, 7) is 5.49. The van der Waals surface area contributed by atoms with Crippen LogP contribution in [-0.4, -0.2) is 48.2 Å². The molecule has 1 aromatic rings. The monoisotopic (exact) mass is 314 g/mol. The zero-order valence-electron chi connectivity index (χ0n) is 13.9. The van der Waals surface area contributed by atoms with Crippen molar-refractivity contribution < 1.29 is 9.53 Å². The highest BCUT2D eigenvalue weighted by Crippen LogP contribution is 2.42. The Bertz CT molecular complexity index is 588. The van der Waals surface area contributed by atoms with Gasteiger partial charge >= 0.3 is 6.09 Å². The molecule has 4 nitrogen and oxygen atoms in total. The zero-order valence-corrected chi connectivity index (χ0v) is 13.9. The van der Waals surface area contributed by atoms with Gasteiger partial charge in [-0.25, -0.2) is 4.79 Å². The van der Waals surface area contributed by atoms with Gasteiger partial charge < -0.3 is 9.64 Å². The SMILES string of the molecule is CCOC(=O)N1CCCC2CN3CCc4ccccc4C3CC21. The number of likely N-dealkylation sites (tertiary alicyclic amines) is 1. The molecule has 4 heteroatoms. The van der Waals surface area contributed by atoms with Gasteiger partial charge in [0.1, 0.15) is 0 Å². The number of fused-ring (bicyclic) bond motifs is 4. The summed E-state index contributed by atoms with van der Waals surface area (Å²) in [5, 5.41) is 0. The molecule has 0 N–H and O–H groups in total. The molecular weight excluding hydrogens is 288 g/mol. The van der Waals surface area contributed by atoms with Gasteiger partial charge in [-0.05, 0) is 49.7 Å². The fourth-order valence-electron chi connectivity index (χ4n) is 4.83. The van der Waals surface area contributed by atoms with Crippen molar-refractivity contribution in [3.8, 4) is 0 Å². The molecule has 3 aliphatic rings. The van der Waals surface area contributed by atoms with Gasteiger partial charge in [0, 0.05) is 31.7 Å². The van der Waals surface area contributed by atoms with Gasteiger partial charge in [0.25, 0.3) is 0 Å². The first-order valence-corrected chi connectivity index (χ1v) is 9.03. The lowest BCUT2D eigenvalue weighted by atomic mass is 9.77. The molecule has 3 heterocycles. The van der Waals surface area contributed by atoms with Crippen molar-refractivity contribution >= 4 is 6.09 Å². The van der Waals surface area contributed by atoms with Crippen molar-refractivity contribution in [2.24, 2.45) is 5.92 Å². The van der Waals surface area contributed by atoms with Crippen molar-refractivity contribution in [2.75, 3.05) is 26.2 Å². The van der Waals surface area contributed by atoms with Gasteiger partial charge in [0.15, 0.2) is 0 Å². The Kier molecular flexibility index (Phi) is 4.02. The van der Waals surface area contributed by atoms with Crippen LogP contribution < -0.4 is 0 Å². The third-order valence-corrected chi connectivity index (χ3v) is 5.88. The maximum atomic E-state index is 12.3. The van der Waals surface area contributed by atoms with E-state index in [2.05, 4.69) is 29.2 Å². The third-order valence-electron chi connectivity index (χ3n) is 5.88. The molecule has 0 aromatic heterocycles. The van der Waals surface area contributed by atoms with E-state index in [1.807, 2.05) is 11.8 Å². The van der Waals surface area contributed by atoms with Crippen LogP contribution in [0.4, 0.5) is 4.79 Å². The maximum absolute atomic E-state index is 12.3. The number of hydrogen-bond donors (Lipinski definition) is 0. The fourth-order valence-corrected chi connectivity index (χ4v) is 4.83. The van der Waals surface area contributed by atoms with Crippen LogP contribution >= 0.6 is 0 Å². The summed E-state index contributed by atoms with van der Waals surface area (Å²) in [4.78, 5) is 17.0. The molecule has 124 valence electrons. The van der Waals surface area contributed by atoms with E-state index in [-0.39, 0.29) is 6.09 Å². The third kappa shape index (κ3) is 2.63. The summed E-state index contributed by atoms with van der Waals surface area (Å²) >= 11 is 0. The maximum Gasteiger partial charge on any atom is 0.410 e. The number of amides is 1. The van der Waals surface area contributed by atoms with Gasteiger partial charge in [-0.3, -0.25) is 4.90 Å². The van der Waals surface area contributed by atoms with E-state index >= 15 is 0 Å². The molecule has 0 spiro atoms. The molecular formula is C19H26N2O2. The number of nitrogens with zero attached hydrogens (tertiary/aromatic N) is 2. The smallest absolute Gasteiger partial charge is 0.410 e. The topological polar surface area (TPSA) is 32.8 Å². The molecule has 0 bridgehead atoms.